The second kappa shape index (κ2) is 7.25. The first-order valence-corrected chi connectivity index (χ1v) is 8.17. The number of pyridine rings is 1. The first kappa shape index (κ1) is 16.2. The Hall–Kier alpha value is -2.70. The van der Waals surface area contributed by atoms with E-state index >= 15 is 0 Å². The zero-order valence-corrected chi connectivity index (χ0v) is 14.0. The monoisotopic (exact) mass is 326 g/mol. The Balaban J connectivity index is 1.59. The van der Waals surface area contributed by atoms with Crippen molar-refractivity contribution in [2.24, 2.45) is 0 Å². The zero-order chi connectivity index (χ0) is 16.9. The third-order valence-electron chi connectivity index (χ3n) is 3.84. The lowest BCUT2D eigenvalue weighted by molar-refractivity contribution is 0.0740. The standard InChI is InChI=1S/C17H22N6O/c1-13(2)21-14-4-5-15(20-12-14)16(24)22-8-10-23(11-9-22)17-18-6-3-7-19-17/h3-7,12-13,21H,8-11H2,1-2H3. The van der Waals surface area contributed by atoms with Crippen LogP contribution in [0.1, 0.15) is 24.3 Å². The molecule has 0 atom stereocenters. The maximum atomic E-state index is 12.6. The molecule has 1 N–H and O–H groups in total. The lowest BCUT2D eigenvalue weighted by atomic mass is 10.2. The largest absolute Gasteiger partial charge is 0.382 e. The van der Waals surface area contributed by atoms with Gasteiger partial charge in [0.2, 0.25) is 5.95 Å². The number of nitrogens with one attached hydrogen (secondary N) is 1. The van der Waals surface area contributed by atoms with Crippen molar-refractivity contribution in [1.82, 2.24) is 19.9 Å². The zero-order valence-electron chi connectivity index (χ0n) is 14.0. The van der Waals surface area contributed by atoms with Gasteiger partial charge in [0.15, 0.2) is 0 Å². The third-order valence-corrected chi connectivity index (χ3v) is 3.84. The van der Waals surface area contributed by atoms with Crippen LogP contribution in [-0.4, -0.2) is 58.0 Å². The molecule has 7 heteroatoms. The number of piperazine rings is 1. The van der Waals surface area contributed by atoms with Crippen LogP contribution in [0, 0.1) is 0 Å². The van der Waals surface area contributed by atoms with Crippen molar-refractivity contribution in [2.75, 3.05) is 36.4 Å². The van der Waals surface area contributed by atoms with Gasteiger partial charge in [0.25, 0.3) is 5.91 Å². The summed E-state index contributed by atoms with van der Waals surface area (Å²) in [5.74, 6) is 0.687. The normalized spacial score (nSPS) is 14.8. The third kappa shape index (κ3) is 3.79. The van der Waals surface area contributed by atoms with Crippen molar-refractivity contribution in [1.29, 1.82) is 0 Å². The number of carbonyl (C=O) groups is 1. The molecule has 0 aliphatic carbocycles. The van der Waals surface area contributed by atoms with E-state index in [1.165, 1.54) is 0 Å². The number of hydrogen-bond acceptors (Lipinski definition) is 6. The van der Waals surface area contributed by atoms with Gasteiger partial charge in [-0.25, -0.2) is 15.0 Å². The summed E-state index contributed by atoms with van der Waals surface area (Å²) in [5.41, 5.74) is 1.40. The highest BCUT2D eigenvalue weighted by molar-refractivity contribution is 5.92. The molecule has 1 aliphatic heterocycles. The second-order valence-electron chi connectivity index (χ2n) is 6.06. The number of aromatic nitrogens is 3. The van der Waals surface area contributed by atoms with Gasteiger partial charge in [0.1, 0.15) is 5.69 Å². The molecule has 2 aromatic rings. The van der Waals surface area contributed by atoms with E-state index in [1.54, 1.807) is 30.7 Å². The van der Waals surface area contributed by atoms with Crippen molar-refractivity contribution in [3.8, 4) is 0 Å². The fraction of sp³-hybridized carbons (Fsp3) is 0.412. The predicted octanol–water partition coefficient (Wildman–Crippen LogP) is 1.65. The SMILES string of the molecule is CC(C)Nc1ccc(C(=O)N2CCN(c3ncccn3)CC2)nc1. The second-order valence-corrected chi connectivity index (χ2v) is 6.06. The number of anilines is 2. The molecule has 0 radical (unpaired) electrons. The van der Waals surface area contributed by atoms with E-state index in [1.807, 2.05) is 11.0 Å². The van der Waals surface area contributed by atoms with Crippen molar-refractivity contribution < 1.29 is 4.79 Å². The molecule has 24 heavy (non-hydrogen) atoms. The van der Waals surface area contributed by atoms with E-state index in [9.17, 15) is 4.79 Å². The molecule has 0 saturated carbocycles. The van der Waals surface area contributed by atoms with E-state index < -0.39 is 0 Å². The number of amides is 1. The molecule has 3 heterocycles. The first-order valence-electron chi connectivity index (χ1n) is 8.17. The van der Waals surface area contributed by atoms with Crippen LogP contribution in [0.3, 0.4) is 0 Å². The molecule has 1 saturated heterocycles. The van der Waals surface area contributed by atoms with Gasteiger partial charge >= 0.3 is 0 Å². The summed E-state index contributed by atoms with van der Waals surface area (Å²) in [4.78, 5) is 29.3. The van der Waals surface area contributed by atoms with Crippen LogP contribution >= 0.6 is 0 Å². The molecule has 2 aromatic heterocycles. The molecule has 0 aromatic carbocycles. The van der Waals surface area contributed by atoms with Crippen molar-refractivity contribution in [3.63, 3.8) is 0 Å². The molecule has 3 rings (SSSR count). The lowest BCUT2D eigenvalue weighted by Crippen LogP contribution is -2.49. The molecule has 1 fully saturated rings. The summed E-state index contributed by atoms with van der Waals surface area (Å²) in [5, 5.41) is 3.27. The summed E-state index contributed by atoms with van der Waals surface area (Å²) in [6.07, 6.45) is 5.17. The highest BCUT2D eigenvalue weighted by Crippen LogP contribution is 2.13. The van der Waals surface area contributed by atoms with E-state index in [4.69, 9.17) is 0 Å². The van der Waals surface area contributed by atoms with Crippen LogP contribution in [0.4, 0.5) is 11.6 Å². The molecule has 1 amide bonds. The van der Waals surface area contributed by atoms with Crippen molar-refractivity contribution in [3.05, 3.63) is 42.5 Å². The average molecular weight is 326 g/mol. The Morgan fingerprint density at radius 1 is 1.08 bits per heavy atom. The molecule has 7 nitrogen and oxygen atoms in total. The van der Waals surface area contributed by atoms with Crippen LogP contribution < -0.4 is 10.2 Å². The van der Waals surface area contributed by atoms with E-state index in [0.717, 1.165) is 18.8 Å². The summed E-state index contributed by atoms with van der Waals surface area (Å²) in [7, 11) is 0. The fourth-order valence-electron chi connectivity index (χ4n) is 2.67. The Morgan fingerprint density at radius 2 is 1.79 bits per heavy atom. The maximum absolute atomic E-state index is 12.6. The van der Waals surface area contributed by atoms with Crippen LogP contribution in [0.5, 0.6) is 0 Å². The molecule has 1 aliphatic rings. The summed E-state index contributed by atoms with van der Waals surface area (Å²) < 4.78 is 0. The van der Waals surface area contributed by atoms with Crippen LogP contribution in [0.25, 0.3) is 0 Å². The minimum Gasteiger partial charge on any atom is -0.382 e. The highest BCUT2D eigenvalue weighted by atomic mass is 16.2. The van der Waals surface area contributed by atoms with Crippen LogP contribution in [0.15, 0.2) is 36.8 Å². The van der Waals surface area contributed by atoms with Gasteiger partial charge in [0.05, 0.1) is 11.9 Å². The fourth-order valence-corrected chi connectivity index (χ4v) is 2.67. The number of hydrogen-bond donors (Lipinski definition) is 1. The quantitative estimate of drug-likeness (QED) is 0.921. The average Bonchev–Trinajstić information content (AvgIpc) is 2.62. The van der Waals surface area contributed by atoms with Gasteiger partial charge in [-0.05, 0) is 32.0 Å². The molecular formula is C17H22N6O. The number of rotatable bonds is 4. The predicted molar refractivity (Wildman–Crippen MR) is 93.1 cm³/mol. The van der Waals surface area contributed by atoms with Gasteiger partial charge in [-0.2, -0.15) is 0 Å². The lowest BCUT2D eigenvalue weighted by Gasteiger charge is -2.34. The van der Waals surface area contributed by atoms with Gasteiger partial charge < -0.3 is 15.1 Å². The summed E-state index contributed by atoms with van der Waals surface area (Å²) in [6.45, 7) is 6.87. The maximum Gasteiger partial charge on any atom is 0.272 e. The van der Waals surface area contributed by atoms with Crippen molar-refractivity contribution in [2.45, 2.75) is 19.9 Å². The smallest absolute Gasteiger partial charge is 0.272 e. The number of carbonyl (C=O) groups excluding carboxylic acids is 1. The Labute approximate surface area is 141 Å². The minimum absolute atomic E-state index is 0.0280. The van der Waals surface area contributed by atoms with Crippen molar-refractivity contribution >= 4 is 17.5 Å². The Kier molecular flexibility index (Phi) is 4.88. The van der Waals surface area contributed by atoms with Gasteiger partial charge in [-0.15, -0.1) is 0 Å². The Morgan fingerprint density at radius 3 is 2.38 bits per heavy atom. The molecule has 126 valence electrons. The van der Waals surface area contributed by atoms with E-state index in [2.05, 4.69) is 39.0 Å². The van der Waals surface area contributed by atoms with Gasteiger partial charge in [-0.1, -0.05) is 0 Å². The van der Waals surface area contributed by atoms with Crippen LogP contribution in [0.2, 0.25) is 0 Å². The van der Waals surface area contributed by atoms with Gasteiger partial charge in [0, 0.05) is 44.6 Å². The Bertz CT molecular complexity index is 665. The molecule has 0 bridgehead atoms. The molecule has 0 unspecified atom stereocenters. The summed E-state index contributed by atoms with van der Waals surface area (Å²) in [6, 6.07) is 5.81. The first-order chi connectivity index (χ1) is 11.6. The minimum atomic E-state index is -0.0280. The van der Waals surface area contributed by atoms with Gasteiger partial charge in [-0.3, -0.25) is 4.79 Å². The van der Waals surface area contributed by atoms with Crippen LogP contribution in [-0.2, 0) is 0 Å². The summed E-state index contributed by atoms with van der Waals surface area (Å²) >= 11 is 0. The highest BCUT2D eigenvalue weighted by Gasteiger charge is 2.24. The topological polar surface area (TPSA) is 74.2 Å². The number of nitrogens with zero attached hydrogens (tertiary/aromatic N) is 5. The van der Waals surface area contributed by atoms with E-state index in [-0.39, 0.29) is 5.91 Å². The molecular weight excluding hydrogens is 304 g/mol. The molecule has 0 spiro atoms. The van der Waals surface area contributed by atoms with E-state index in [0.29, 0.717) is 30.8 Å².